The van der Waals surface area contributed by atoms with Crippen molar-refractivity contribution in [3.63, 3.8) is 0 Å². The molecule has 1 rings (SSSR count). The van der Waals surface area contributed by atoms with Crippen molar-refractivity contribution in [3.8, 4) is 0 Å². The summed E-state index contributed by atoms with van der Waals surface area (Å²) in [5.74, 6) is 0. The van der Waals surface area contributed by atoms with E-state index in [2.05, 4.69) is 62.1 Å². The first kappa shape index (κ1) is 11.2. The molecule has 0 heterocycles. The molecule has 0 saturated carbocycles. The van der Waals surface area contributed by atoms with Gasteiger partial charge < -0.3 is 4.90 Å². The lowest BCUT2D eigenvalue weighted by Crippen LogP contribution is -2.30. The predicted molar refractivity (Wildman–Crippen MR) is 65.3 cm³/mol. The average Bonchev–Trinajstić information content (AvgIpc) is 2.16. The van der Waals surface area contributed by atoms with E-state index < -0.39 is 8.80 Å². The summed E-state index contributed by atoms with van der Waals surface area (Å²) in [5, 5.41) is 1.49. The summed E-state index contributed by atoms with van der Waals surface area (Å²) in [5.41, 5.74) is 3.54. The van der Waals surface area contributed by atoms with Crippen LogP contribution in [0.25, 0.3) is 0 Å². The maximum Gasteiger partial charge on any atom is 0.109 e. The highest BCUT2D eigenvalue weighted by Crippen LogP contribution is 2.01. The second-order valence-electron chi connectivity index (χ2n) is 3.78. The summed E-state index contributed by atoms with van der Waals surface area (Å²) >= 11 is 0. The molecule has 0 aromatic heterocycles. The van der Waals surface area contributed by atoms with Gasteiger partial charge in [0.15, 0.2) is 0 Å². The van der Waals surface area contributed by atoms with Crippen LogP contribution in [-0.2, 0) is 6.54 Å². The van der Waals surface area contributed by atoms with Gasteiger partial charge in [-0.05, 0) is 19.7 Å². The summed E-state index contributed by atoms with van der Waals surface area (Å²) in [6, 6.07) is 8.68. The molecule has 1 nitrogen and oxygen atoms in total. The maximum absolute atomic E-state index is 3.89. The molecule has 0 bridgehead atoms. The smallest absolute Gasteiger partial charge is 0.109 e. The minimum Gasteiger partial charge on any atom is -0.305 e. The molecular weight excluding hydrogens is 186 g/mol. The summed E-state index contributed by atoms with van der Waals surface area (Å²) in [6.07, 6.45) is 0. The number of nitrogens with zero attached hydrogens (tertiary/aromatic N) is 1. The fraction of sp³-hybridized carbons (Fsp3) is 0.333. The van der Waals surface area contributed by atoms with Gasteiger partial charge in [-0.3, -0.25) is 0 Å². The van der Waals surface area contributed by atoms with Gasteiger partial charge in [-0.25, -0.2) is 0 Å². The summed E-state index contributed by atoms with van der Waals surface area (Å²) in [6.45, 7) is 7.19. The first-order chi connectivity index (χ1) is 6.65. The topological polar surface area (TPSA) is 3.24 Å². The van der Waals surface area contributed by atoms with Crippen molar-refractivity contribution < 1.29 is 0 Å². The van der Waals surface area contributed by atoms with Crippen molar-refractivity contribution >= 4 is 14.0 Å². The van der Waals surface area contributed by atoms with Crippen molar-refractivity contribution in [2.24, 2.45) is 0 Å². The summed E-state index contributed by atoms with van der Waals surface area (Å²) < 4.78 is 0. The van der Waals surface area contributed by atoms with Crippen LogP contribution in [0.2, 0.25) is 6.55 Å². The Hall–Kier alpha value is -0.863. The van der Waals surface area contributed by atoms with Gasteiger partial charge in [0.2, 0.25) is 0 Å². The molecule has 2 heteroatoms. The van der Waals surface area contributed by atoms with Gasteiger partial charge in [0, 0.05) is 6.54 Å². The lowest BCUT2D eigenvalue weighted by Gasteiger charge is -2.15. The van der Waals surface area contributed by atoms with Crippen molar-refractivity contribution in [2.75, 3.05) is 14.1 Å². The number of benzene rings is 1. The van der Waals surface area contributed by atoms with E-state index in [0.717, 1.165) is 6.54 Å². The van der Waals surface area contributed by atoms with Gasteiger partial charge in [0.1, 0.15) is 8.80 Å². The van der Waals surface area contributed by atoms with E-state index in [9.17, 15) is 0 Å². The van der Waals surface area contributed by atoms with Gasteiger partial charge in [-0.2, -0.15) is 0 Å². The Kier molecular flexibility index (Phi) is 4.11. The fourth-order valence-electron chi connectivity index (χ4n) is 1.49. The maximum atomic E-state index is 3.89. The highest BCUT2D eigenvalue weighted by molar-refractivity contribution is 6.76. The SMILES string of the molecule is C=C[Si](C)c1ccccc1CN(C)C. The molecule has 1 aromatic carbocycles. The molecule has 0 atom stereocenters. The van der Waals surface area contributed by atoms with E-state index >= 15 is 0 Å². The van der Waals surface area contributed by atoms with Gasteiger partial charge >= 0.3 is 0 Å². The van der Waals surface area contributed by atoms with Crippen LogP contribution in [0.3, 0.4) is 0 Å². The molecule has 0 spiro atoms. The number of hydrogen-bond donors (Lipinski definition) is 0. The van der Waals surface area contributed by atoms with Crippen LogP contribution in [0.4, 0.5) is 0 Å². The number of rotatable bonds is 4. The third-order valence-electron chi connectivity index (χ3n) is 2.23. The minimum absolute atomic E-state index is 0.544. The van der Waals surface area contributed by atoms with Crippen molar-refractivity contribution in [1.29, 1.82) is 0 Å². The summed E-state index contributed by atoms with van der Waals surface area (Å²) in [4.78, 5) is 2.21. The zero-order chi connectivity index (χ0) is 10.6. The van der Waals surface area contributed by atoms with E-state index in [0.29, 0.717) is 0 Å². The van der Waals surface area contributed by atoms with Crippen molar-refractivity contribution in [2.45, 2.75) is 13.1 Å². The van der Waals surface area contributed by atoms with Crippen LogP contribution in [0.5, 0.6) is 0 Å². The molecule has 75 valence electrons. The monoisotopic (exact) mass is 204 g/mol. The van der Waals surface area contributed by atoms with E-state index in [-0.39, 0.29) is 0 Å². The van der Waals surface area contributed by atoms with E-state index in [1.54, 1.807) is 0 Å². The number of hydrogen-bond acceptors (Lipinski definition) is 1. The highest BCUT2D eigenvalue weighted by atomic mass is 28.3. The van der Waals surface area contributed by atoms with Crippen molar-refractivity contribution in [1.82, 2.24) is 4.90 Å². The Balaban J connectivity index is 2.96. The van der Waals surface area contributed by atoms with Crippen LogP contribution in [0.15, 0.2) is 36.5 Å². The first-order valence-electron chi connectivity index (χ1n) is 4.84. The van der Waals surface area contributed by atoms with Crippen molar-refractivity contribution in [3.05, 3.63) is 42.1 Å². The Morgan fingerprint density at radius 2 is 2.00 bits per heavy atom. The molecular formula is C12H18NSi. The zero-order valence-electron chi connectivity index (χ0n) is 9.25. The molecule has 0 aliphatic heterocycles. The molecule has 0 amide bonds. The Morgan fingerprint density at radius 1 is 1.36 bits per heavy atom. The van der Waals surface area contributed by atoms with Crippen LogP contribution >= 0.6 is 0 Å². The molecule has 0 unspecified atom stereocenters. The van der Waals surface area contributed by atoms with Crippen LogP contribution < -0.4 is 5.19 Å². The van der Waals surface area contributed by atoms with Gasteiger partial charge in [-0.1, -0.05) is 41.7 Å². The molecule has 0 aliphatic carbocycles. The molecule has 0 fully saturated rings. The fourth-order valence-corrected chi connectivity index (χ4v) is 2.74. The van der Waals surface area contributed by atoms with Gasteiger partial charge in [-0.15, -0.1) is 6.58 Å². The molecule has 1 radical (unpaired) electrons. The molecule has 1 aromatic rings. The quantitative estimate of drug-likeness (QED) is 0.676. The van der Waals surface area contributed by atoms with E-state index in [1.165, 1.54) is 10.8 Å². The predicted octanol–water partition coefficient (Wildman–Crippen LogP) is 1.80. The second kappa shape index (κ2) is 5.13. The largest absolute Gasteiger partial charge is 0.305 e. The zero-order valence-corrected chi connectivity index (χ0v) is 10.2. The van der Waals surface area contributed by atoms with Crippen LogP contribution in [0.1, 0.15) is 5.56 Å². The lowest BCUT2D eigenvalue weighted by atomic mass is 10.2. The van der Waals surface area contributed by atoms with Crippen LogP contribution in [0, 0.1) is 0 Å². The molecule has 0 saturated heterocycles. The third-order valence-corrected chi connectivity index (χ3v) is 4.18. The second-order valence-corrected chi connectivity index (χ2v) is 6.10. The lowest BCUT2D eigenvalue weighted by molar-refractivity contribution is 0.403. The average molecular weight is 204 g/mol. The van der Waals surface area contributed by atoms with Gasteiger partial charge in [0.05, 0.1) is 0 Å². The summed E-state index contributed by atoms with van der Waals surface area (Å²) in [7, 11) is 3.66. The Morgan fingerprint density at radius 3 is 2.57 bits per heavy atom. The normalized spacial score (nSPS) is 10.9. The Bertz CT molecular complexity index is 307. The first-order valence-corrected chi connectivity index (χ1v) is 6.92. The molecule has 0 aliphatic rings. The third kappa shape index (κ3) is 2.82. The standard InChI is InChI=1S/C12H18NSi/c1-5-14(4)12-9-7-6-8-11(12)10-13(2)3/h5-9H,1,10H2,2-4H3. The van der Waals surface area contributed by atoms with E-state index in [1.807, 2.05) is 0 Å². The minimum atomic E-state index is -0.544. The molecule has 0 N–H and O–H groups in total. The van der Waals surface area contributed by atoms with Crippen LogP contribution in [-0.4, -0.2) is 27.8 Å². The highest BCUT2D eigenvalue weighted by Gasteiger charge is 2.08. The Labute approximate surface area is 88.7 Å². The van der Waals surface area contributed by atoms with E-state index in [4.69, 9.17) is 0 Å². The van der Waals surface area contributed by atoms with Gasteiger partial charge in [0.25, 0.3) is 0 Å². The molecule has 14 heavy (non-hydrogen) atoms.